The summed E-state index contributed by atoms with van der Waals surface area (Å²) in [6.07, 6.45) is 7.19. The lowest BCUT2D eigenvalue weighted by molar-refractivity contribution is 0.502. The predicted octanol–water partition coefficient (Wildman–Crippen LogP) is 3.59. The third kappa shape index (κ3) is 2.11. The van der Waals surface area contributed by atoms with Gasteiger partial charge >= 0.3 is 0 Å². The first-order valence-corrected chi connectivity index (χ1v) is 5.94. The van der Waals surface area contributed by atoms with Crippen LogP contribution >= 0.6 is 0 Å². The summed E-state index contributed by atoms with van der Waals surface area (Å²) in [5.74, 6) is 0. The van der Waals surface area contributed by atoms with Gasteiger partial charge < -0.3 is 0 Å². The van der Waals surface area contributed by atoms with Crippen molar-refractivity contribution in [3.05, 3.63) is 35.9 Å². The fourth-order valence-corrected chi connectivity index (χ4v) is 2.38. The molecule has 0 saturated heterocycles. The van der Waals surface area contributed by atoms with Crippen LogP contribution in [-0.4, -0.2) is 12.8 Å². The van der Waals surface area contributed by atoms with Crippen molar-refractivity contribution in [2.75, 3.05) is 6.54 Å². The second-order valence-corrected chi connectivity index (χ2v) is 4.41. The summed E-state index contributed by atoms with van der Waals surface area (Å²) in [5, 5.41) is 0. The molecule has 1 atom stereocenters. The maximum atomic E-state index is 4.44. The van der Waals surface area contributed by atoms with Crippen LogP contribution in [0, 0.1) is 0 Å². The van der Waals surface area contributed by atoms with E-state index in [4.69, 9.17) is 0 Å². The van der Waals surface area contributed by atoms with Crippen LogP contribution < -0.4 is 0 Å². The van der Waals surface area contributed by atoms with Crippen molar-refractivity contribution >= 4 is 6.21 Å². The van der Waals surface area contributed by atoms with Crippen LogP contribution in [0.3, 0.4) is 0 Å². The van der Waals surface area contributed by atoms with Crippen LogP contribution in [0.4, 0.5) is 0 Å². The minimum absolute atomic E-state index is 0.247. The Bertz CT molecular complexity index is 328. The molecule has 1 nitrogen and oxygen atoms in total. The smallest absolute Gasteiger partial charge is 0.0397 e. The molecular formula is C14H19N. The lowest BCUT2D eigenvalue weighted by Gasteiger charge is -2.26. The van der Waals surface area contributed by atoms with E-state index < -0.39 is 0 Å². The summed E-state index contributed by atoms with van der Waals surface area (Å²) in [6, 6.07) is 10.8. The zero-order valence-corrected chi connectivity index (χ0v) is 9.45. The zero-order chi connectivity index (χ0) is 10.6. The molecule has 1 aromatic carbocycles. The number of hydrogen-bond acceptors (Lipinski definition) is 1. The molecule has 80 valence electrons. The summed E-state index contributed by atoms with van der Waals surface area (Å²) in [7, 11) is 0. The zero-order valence-electron chi connectivity index (χ0n) is 9.45. The Morgan fingerprint density at radius 1 is 1.27 bits per heavy atom. The molecule has 0 saturated carbocycles. The molecule has 1 aliphatic rings. The Morgan fingerprint density at radius 2 is 2.07 bits per heavy atom. The van der Waals surface area contributed by atoms with Crippen molar-refractivity contribution < 1.29 is 0 Å². The normalized spacial score (nSPS) is 24.6. The molecule has 0 N–H and O–H groups in total. The predicted molar refractivity (Wildman–Crippen MR) is 65.6 cm³/mol. The highest BCUT2D eigenvalue weighted by Gasteiger charge is 2.31. The van der Waals surface area contributed by atoms with Gasteiger partial charge in [0.05, 0.1) is 0 Å². The van der Waals surface area contributed by atoms with E-state index in [0.717, 1.165) is 6.54 Å². The SMILES string of the molecule is CCCCC1(c2ccccc2)C=NCC1. The largest absolute Gasteiger partial charge is 0.297 e. The molecule has 1 unspecified atom stereocenters. The number of hydrogen-bond donors (Lipinski definition) is 0. The number of benzene rings is 1. The Morgan fingerprint density at radius 3 is 2.67 bits per heavy atom. The summed E-state index contributed by atoms with van der Waals surface area (Å²) in [6.45, 7) is 3.25. The molecule has 15 heavy (non-hydrogen) atoms. The van der Waals surface area contributed by atoms with Gasteiger partial charge in [0, 0.05) is 18.2 Å². The van der Waals surface area contributed by atoms with Crippen molar-refractivity contribution in [3.63, 3.8) is 0 Å². The lowest BCUT2D eigenvalue weighted by atomic mass is 9.76. The van der Waals surface area contributed by atoms with Gasteiger partial charge in [-0.2, -0.15) is 0 Å². The van der Waals surface area contributed by atoms with E-state index in [1.807, 2.05) is 0 Å². The number of nitrogens with zero attached hydrogens (tertiary/aromatic N) is 1. The quantitative estimate of drug-likeness (QED) is 0.706. The van der Waals surface area contributed by atoms with Crippen LogP contribution in [0.1, 0.15) is 38.2 Å². The molecular weight excluding hydrogens is 182 g/mol. The molecule has 0 bridgehead atoms. The molecule has 1 aromatic rings. The topological polar surface area (TPSA) is 12.4 Å². The highest BCUT2D eigenvalue weighted by Crippen LogP contribution is 2.34. The van der Waals surface area contributed by atoms with Crippen molar-refractivity contribution in [3.8, 4) is 0 Å². The van der Waals surface area contributed by atoms with E-state index >= 15 is 0 Å². The van der Waals surface area contributed by atoms with Crippen LogP contribution in [0.2, 0.25) is 0 Å². The summed E-state index contributed by atoms with van der Waals surface area (Å²) >= 11 is 0. The number of rotatable bonds is 4. The minimum atomic E-state index is 0.247. The van der Waals surface area contributed by atoms with E-state index in [9.17, 15) is 0 Å². The van der Waals surface area contributed by atoms with Gasteiger partial charge in [0.1, 0.15) is 0 Å². The van der Waals surface area contributed by atoms with E-state index in [2.05, 4.69) is 48.5 Å². The average molecular weight is 201 g/mol. The Hall–Kier alpha value is -1.11. The first-order chi connectivity index (χ1) is 7.37. The first-order valence-electron chi connectivity index (χ1n) is 5.94. The monoisotopic (exact) mass is 201 g/mol. The molecule has 0 aliphatic carbocycles. The highest BCUT2D eigenvalue weighted by molar-refractivity contribution is 5.75. The fourth-order valence-electron chi connectivity index (χ4n) is 2.38. The van der Waals surface area contributed by atoms with Gasteiger partial charge in [-0.05, 0) is 18.4 Å². The minimum Gasteiger partial charge on any atom is -0.297 e. The maximum absolute atomic E-state index is 4.44. The first kappa shape index (κ1) is 10.4. The molecule has 1 aliphatic heterocycles. The van der Waals surface area contributed by atoms with E-state index in [-0.39, 0.29) is 5.41 Å². The Labute approximate surface area is 92.2 Å². The molecule has 1 heterocycles. The number of aliphatic imine (C=N–C) groups is 1. The molecule has 0 fully saturated rings. The highest BCUT2D eigenvalue weighted by atomic mass is 14.8. The van der Waals surface area contributed by atoms with Gasteiger partial charge in [-0.3, -0.25) is 4.99 Å². The summed E-state index contributed by atoms with van der Waals surface area (Å²) in [4.78, 5) is 4.44. The molecule has 0 amide bonds. The van der Waals surface area contributed by atoms with Gasteiger partial charge in [-0.25, -0.2) is 0 Å². The van der Waals surface area contributed by atoms with Crippen molar-refractivity contribution in [1.82, 2.24) is 0 Å². The van der Waals surface area contributed by atoms with Gasteiger partial charge in [-0.15, -0.1) is 0 Å². The Kier molecular flexibility index (Phi) is 3.20. The third-order valence-corrected chi connectivity index (χ3v) is 3.35. The van der Waals surface area contributed by atoms with Gasteiger partial charge in [0.25, 0.3) is 0 Å². The summed E-state index contributed by atoms with van der Waals surface area (Å²) in [5.41, 5.74) is 1.69. The van der Waals surface area contributed by atoms with Crippen LogP contribution in [0.15, 0.2) is 35.3 Å². The number of unbranched alkanes of at least 4 members (excludes halogenated alkanes) is 1. The molecule has 0 radical (unpaired) electrons. The second kappa shape index (κ2) is 4.61. The van der Waals surface area contributed by atoms with E-state index in [0.29, 0.717) is 0 Å². The van der Waals surface area contributed by atoms with Gasteiger partial charge in [0.15, 0.2) is 0 Å². The summed E-state index contributed by atoms with van der Waals surface area (Å²) < 4.78 is 0. The maximum Gasteiger partial charge on any atom is 0.0397 e. The average Bonchev–Trinajstić information content (AvgIpc) is 2.78. The molecule has 0 aromatic heterocycles. The van der Waals surface area contributed by atoms with E-state index in [1.165, 1.54) is 31.2 Å². The third-order valence-electron chi connectivity index (χ3n) is 3.35. The van der Waals surface area contributed by atoms with Crippen LogP contribution in [0.5, 0.6) is 0 Å². The molecule has 0 spiro atoms. The van der Waals surface area contributed by atoms with Crippen molar-refractivity contribution in [1.29, 1.82) is 0 Å². The van der Waals surface area contributed by atoms with Crippen molar-refractivity contribution in [2.45, 2.75) is 38.0 Å². The van der Waals surface area contributed by atoms with E-state index in [1.54, 1.807) is 0 Å². The molecule has 2 rings (SSSR count). The second-order valence-electron chi connectivity index (χ2n) is 4.41. The standard InChI is InChI=1S/C14H19N/c1-2-3-9-14(10-11-15-12-14)13-7-5-4-6-8-13/h4-8,12H,2-3,9-11H2,1H3. The van der Waals surface area contributed by atoms with Crippen LogP contribution in [0.25, 0.3) is 0 Å². The lowest BCUT2D eigenvalue weighted by Crippen LogP contribution is -2.25. The van der Waals surface area contributed by atoms with Gasteiger partial charge in [-0.1, -0.05) is 50.1 Å². The fraction of sp³-hybridized carbons (Fsp3) is 0.500. The van der Waals surface area contributed by atoms with Crippen molar-refractivity contribution in [2.24, 2.45) is 4.99 Å². The Balaban J connectivity index is 2.23. The van der Waals surface area contributed by atoms with Crippen LogP contribution in [-0.2, 0) is 5.41 Å². The van der Waals surface area contributed by atoms with Gasteiger partial charge in [0.2, 0.25) is 0 Å². The molecule has 1 heteroatoms.